The molecule has 4 nitrogen and oxygen atoms in total. The Hall–Kier alpha value is -2.01. The monoisotopic (exact) mass is 373 g/mol. The van der Waals surface area contributed by atoms with E-state index in [0.29, 0.717) is 5.92 Å². The number of ether oxygens (including phenoxy) is 2. The molecule has 0 radical (unpaired) electrons. The van der Waals surface area contributed by atoms with Crippen molar-refractivity contribution in [2.24, 2.45) is 0 Å². The number of amides is 1. The predicted molar refractivity (Wildman–Crippen MR) is 90.0 cm³/mol. The molecular weight excluding hydrogens is 358 g/mol. The molecule has 1 fully saturated rings. The van der Waals surface area contributed by atoms with Crippen molar-refractivity contribution < 1.29 is 14.3 Å². The molecule has 2 aromatic rings. The summed E-state index contributed by atoms with van der Waals surface area (Å²) in [4.78, 5) is 14.6. The van der Waals surface area contributed by atoms with Gasteiger partial charge in [0.2, 0.25) is 6.79 Å². The number of rotatable bonds is 2. The van der Waals surface area contributed by atoms with Crippen LogP contribution in [-0.2, 0) is 0 Å². The molecule has 4 rings (SSSR count). The molecule has 0 aromatic heterocycles. The van der Waals surface area contributed by atoms with Crippen molar-refractivity contribution in [3.05, 3.63) is 58.1 Å². The number of hydrogen-bond donors (Lipinski definition) is 0. The van der Waals surface area contributed by atoms with Crippen LogP contribution < -0.4 is 9.47 Å². The van der Waals surface area contributed by atoms with E-state index in [2.05, 4.69) is 22.0 Å². The van der Waals surface area contributed by atoms with Gasteiger partial charge in [-0.2, -0.15) is 0 Å². The van der Waals surface area contributed by atoms with Gasteiger partial charge in [-0.05, 0) is 52.2 Å². The maximum absolute atomic E-state index is 12.7. The van der Waals surface area contributed by atoms with Crippen molar-refractivity contribution in [2.75, 3.05) is 19.9 Å². The first-order valence-electron chi connectivity index (χ1n) is 7.66. The Kier molecular flexibility index (Phi) is 3.73. The number of carbonyl (C=O) groups excluding carboxylic acids is 1. The Bertz CT molecular complexity index is 762. The summed E-state index contributed by atoms with van der Waals surface area (Å²) in [5.41, 5.74) is 1.93. The third-order valence-corrected chi connectivity index (χ3v) is 5.14. The molecule has 5 heteroatoms. The van der Waals surface area contributed by atoms with Gasteiger partial charge in [0.1, 0.15) is 0 Å². The van der Waals surface area contributed by atoms with E-state index in [0.717, 1.165) is 41.0 Å². The van der Waals surface area contributed by atoms with Gasteiger partial charge in [-0.3, -0.25) is 4.79 Å². The fraction of sp³-hybridized carbons (Fsp3) is 0.278. The lowest BCUT2D eigenvalue weighted by molar-refractivity contribution is 0.0790. The summed E-state index contributed by atoms with van der Waals surface area (Å²) in [5.74, 6) is 2.03. The van der Waals surface area contributed by atoms with Gasteiger partial charge in [-0.25, -0.2) is 0 Å². The first-order valence-corrected chi connectivity index (χ1v) is 8.45. The smallest absolute Gasteiger partial charge is 0.255 e. The minimum Gasteiger partial charge on any atom is -0.454 e. The van der Waals surface area contributed by atoms with E-state index in [-0.39, 0.29) is 12.7 Å². The zero-order chi connectivity index (χ0) is 15.8. The van der Waals surface area contributed by atoms with E-state index in [4.69, 9.17) is 9.47 Å². The molecule has 1 saturated heterocycles. The Labute approximate surface area is 143 Å². The third kappa shape index (κ3) is 2.70. The van der Waals surface area contributed by atoms with Crippen LogP contribution in [0, 0.1) is 0 Å². The highest BCUT2D eigenvalue weighted by atomic mass is 79.9. The maximum Gasteiger partial charge on any atom is 0.255 e. The van der Waals surface area contributed by atoms with Gasteiger partial charge >= 0.3 is 0 Å². The quantitative estimate of drug-likeness (QED) is 0.803. The van der Waals surface area contributed by atoms with Crippen molar-refractivity contribution >= 4 is 21.8 Å². The lowest BCUT2D eigenvalue weighted by Crippen LogP contribution is -2.28. The second-order valence-corrected chi connectivity index (χ2v) is 6.68. The standard InChI is InChI=1S/C18H16BrNO3/c19-15-4-2-1-3-14(15)18(21)20-8-7-13(10-20)12-5-6-16-17(9-12)23-11-22-16/h1-6,9,13H,7-8,10-11H2/t13-/m1/s1. The largest absolute Gasteiger partial charge is 0.454 e. The molecule has 0 spiro atoms. The van der Waals surface area contributed by atoms with Crippen LogP contribution in [0.2, 0.25) is 0 Å². The minimum absolute atomic E-state index is 0.0840. The first-order chi connectivity index (χ1) is 11.2. The first kappa shape index (κ1) is 14.6. The molecule has 1 amide bonds. The molecule has 2 aliphatic rings. The molecule has 118 valence electrons. The van der Waals surface area contributed by atoms with E-state index < -0.39 is 0 Å². The molecule has 2 aliphatic heterocycles. The van der Waals surface area contributed by atoms with Crippen molar-refractivity contribution in [3.63, 3.8) is 0 Å². The summed E-state index contributed by atoms with van der Waals surface area (Å²) in [6, 6.07) is 13.6. The van der Waals surface area contributed by atoms with Gasteiger partial charge in [-0.1, -0.05) is 18.2 Å². The number of likely N-dealkylation sites (tertiary alicyclic amines) is 1. The highest BCUT2D eigenvalue weighted by Crippen LogP contribution is 2.37. The Balaban J connectivity index is 1.51. The topological polar surface area (TPSA) is 38.8 Å². The van der Waals surface area contributed by atoms with Crippen molar-refractivity contribution in [2.45, 2.75) is 12.3 Å². The van der Waals surface area contributed by atoms with Gasteiger partial charge in [0.25, 0.3) is 5.91 Å². The van der Waals surface area contributed by atoms with Crippen LogP contribution in [0.4, 0.5) is 0 Å². The predicted octanol–water partition coefficient (Wildman–Crippen LogP) is 3.81. The maximum atomic E-state index is 12.7. The fourth-order valence-corrected chi connectivity index (χ4v) is 3.64. The summed E-state index contributed by atoms with van der Waals surface area (Å²) >= 11 is 3.46. The van der Waals surface area contributed by atoms with E-state index in [1.54, 1.807) is 0 Å². The summed E-state index contributed by atoms with van der Waals surface area (Å²) in [6.07, 6.45) is 0.968. The molecule has 0 aliphatic carbocycles. The normalized spacial score (nSPS) is 19.2. The summed E-state index contributed by atoms with van der Waals surface area (Å²) in [6.45, 7) is 1.80. The van der Waals surface area contributed by atoms with Crippen LogP contribution in [0.3, 0.4) is 0 Å². The number of benzene rings is 2. The van der Waals surface area contributed by atoms with E-state index in [1.165, 1.54) is 5.56 Å². The molecule has 0 N–H and O–H groups in total. The third-order valence-electron chi connectivity index (χ3n) is 4.45. The number of fused-ring (bicyclic) bond motifs is 1. The zero-order valence-corrected chi connectivity index (χ0v) is 14.1. The van der Waals surface area contributed by atoms with Crippen LogP contribution in [0.1, 0.15) is 28.3 Å². The van der Waals surface area contributed by atoms with Crippen LogP contribution in [0.25, 0.3) is 0 Å². The number of carbonyl (C=O) groups is 1. The van der Waals surface area contributed by atoms with E-state index in [9.17, 15) is 4.79 Å². The average molecular weight is 374 g/mol. The molecule has 2 heterocycles. The Morgan fingerprint density at radius 3 is 2.83 bits per heavy atom. The number of hydrogen-bond acceptors (Lipinski definition) is 3. The van der Waals surface area contributed by atoms with E-state index >= 15 is 0 Å². The SMILES string of the molecule is O=C(c1ccccc1Br)N1CC[C@@H](c2ccc3c(c2)OCO3)C1. The van der Waals surface area contributed by atoms with Crippen molar-refractivity contribution in [1.29, 1.82) is 0 Å². The van der Waals surface area contributed by atoms with E-state index in [1.807, 2.05) is 41.3 Å². The molecule has 0 bridgehead atoms. The Morgan fingerprint density at radius 1 is 1.13 bits per heavy atom. The lowest BCUT2D eigenvalue weighted by Gasteiger charge is -2.17. The summed E-state index contributed by atoms with van der Waals surface area (Å²) < 4.78 is 11.6. The van der Waals surface area contributed by atoms with Crippen LogP contribution in [-0.4, -0.2) is 30.7 Å². The van der Waals surface area contributed by atoms with Crippen LogP contribution in [0.15, 0.2) is 46.9 Å². The molecule has 1 atom stereocenters. The minimum atomic E-state index is 0.0840. The fourth-order valence-electron chi connectivity index (χ4n) is 3.19. The highest BCUT2D eigenvalue weighted by molar-refractivity contribution is 9.10. The molecule has 0 unspecified atom stereocenters. The summed E-state index contributed by atoms with van der Waals surface area (Å²) in [5, 5.41) is 0. The molecular formula is C18H16BrNO3. The molecule has 23 heavy (non-hydrogen) atoms. The van der Waals surface area contributed by atoms with Gasteiger partial charge in [0.05, 0.1) is 5.56 Å². The van der Waals surface area contributed by atoms with Crippen molar-refractivity contribution in [1.82, 2.24) is 4.90 Å². The number of halogens is 1. The second-order valence-electron chi connectivity index (χ2n) is 5.83. The lowest BCUT2D eigenvalue weighted by atomic mass is 9.98. The number of nitrogens with zero attached hydrogens (tertiary/aromatic N) is 1. The van der Waals surface area contributed by atoms with Crippen molar-refractivity contribution in [3.8, 4) is 11.5 Å². The Morgan fingerprint density at radius 2 is 1.96 bits per heavy atom. The van der Waals surface area contributed by atoms with Gasteiger partial charge in [-0.15, -0.1) is 0 Å². The highest BCUT2D eigenvalue weighted by Gasteiger charge is 2.29. The van der Waals surface area contributed by atoms with Gasteiger partial charge in [0.15, 0.2) is 11.5 Å². The zero-order valence-electron chi connectivity index (χ0n) is 12.5. The molecule has 0 saturated carbocycles. The average Bonchev–Trinajstić information content (AvgIpc) is 3.23. The van der Waals surface area contributed by atoms with Gasteiger partial charge < -0.3 is 14.4 Å². The van der Waals surface area contributed by atoms with Crippen LogP contribution >= 0.6 is 15.9 Å². The van der Waals surface area contributed by atoms with Crippen LogP contribution in [0.5, 0.6) is 11.5 Å². The van der Waals surface area contributed by atoms with Gasteiger partial charge in [0, 0.05) is 23.5 Å². The summed E-state index contributed by atoms with van der Waals surface area (Å²) in [7, 11) is 0. The second kappa shape index (κ2) is 5.89. The molecule has 2 aromatic carbocycles.